The molecule has 1 aromatic heterocycles. The van der Waals surface area contributed by atoms with Crippen LogP contribution in [0.2, 0.25) is 0 Å². The molecular formula is C25H31N3O4. The zero-order chi connectivity index (χ0) is 23.3. The number of rotatable bonds is 9. The second kappa shape index (κ2) is 10.4. The monoisotopic (exact) mass is 437 g/mol. The van der Waals surface area contributed by atoms with E-state index in [2.05, 4.69) is 18.8 Å². The molecule has 1 saturated heterocycles. The Kier molecular flexibility index (Phi) is 7.64. The van der Waals surface area contributed by atoms with Crippen molar-refractivity contribution >= 4 is 17.4 Å². The summed E-state index contributed by atoms with van der Waals surface area (Å²) in [5, 5.41) is 11.1. The number of hydrogen-bond acceptors (Lipinski definition) is 6. The molecule has 7 heteroatoms. The van der Waals surface area contributed by atoms with E-state index in [1.54, 1.807) is 53.7 Å². The molecule has 7 nitrogen and oxygen atoms in total. The van der Waals surface area contributed by atoms with Crippen LogP contribution in [0.15, 0.2) is 54.4 Å². The summed E-state index contributed by atoms with van der Waals surface area (Å²) in [6, 6.07) is 9.80. The minimum atomic E-state index is -0.672. The molecule has 2 heterocycles. The third kappa shape index (κ3) is 5.34. The van der Waals surface area contributed by atoms with Gasteiger partial charge < -0.3 is 19.6 Å². The summed E-state index contributed by atoms with van der Waals surface area (Å²) in [5.41, 5.74) is 1.30. The highest BCUT2D eigenvalue weighted by molar-refractivity contribution is 6.46. The number of likely N-dealkylation sites (tertiary alicyclic amines) is 1. The van der Waals surface area contributed by atoms with Crippen molar-refractivity contribution in [3.63, 3.8) is 0 Å². The molecule has 3 rings (SSSR count). The van der Waals surface area contributed by atoms with E-state index in [0.717, 1.165) is 12.1 Å². The minimum absolute atomic E-state index is 0.0990. The lowest BCUT2D eigenvalue weighted by Crippen LogP contribution is -2.32. The van der Waals surface area contributed by atoms with Crippen LogP contribution in [-0.4, -0.2) is 65.4 Å². The van der Waals surface area contributed by atoms with E-state index in [9.17, 15) is 14.7 Å². The normalized spacial score (nSPS) is 18.1. The highest BCUT2D eigenvalue weighted by atomic mass is 16.5. The van der Waals surface area contributed by atoms with E-state index in [0.29, 0.717) is 36.8 Å². The van der Waals surface area contributed by atoms with Crippen molar-refractivity contribution in [2.45, 2.75) is 26.3 Å². The first-order valence-corrected chi connectivity index (χ1v) is 10.9. The van der Waals surface area contributed by atoms with Gasteiger partial charge in [0.1, 0.15) is 11.5 Å². The molecule has 1 atom stereocenters. The predicted octanol–water partition coefficient (Wildman–Crippen LogP) is 3.49. The summed E-state index contributed by atoms with van der Waals surface area (Å²) in [6.07, 6.45) is 3.95. The molecule has 1 fully saturated rings. The number of Topliss-reactive ketones (excluding diaryl/α,β-unsaturated/α-hetero) is 1. The molecule has 1 amide bonds. The molecule has 32 heavy (non-hydrogen) atoms. The molecule has 0 saturated carbocycles. The maximum atomic E-state index is 13.0. The van der Waals surface area contributed by atoms with Crippen LogP contribution in [-0.2, 0) is 9.59 Å². The molecule has 1 aliphatic heterocycles. The van der Waals surface area contributed by atoms with Crippen LogP contribution >= 0.6 is 0 Å². The first-order valence-electron chi connectivity index (χ1n) is 10.9. The van der Waals surface area contributed by atoms with Gasteiger partial charge in [0, 0.05) is 24.5 Å². The summed E-state index contributed by atoms with van der Waals surface area (Å²) in [5.74, 6) is -0.369. The van der Waals surface area contributed by atoms with Crippen LogP contribution in [0, 0.1) is 5.92 Å². The second-order valence-corrected chi connectivity index (χ2v) is 8.66. The summed E-state index contributed by atoms with van der Waals surface area (Å²) >= 11 is 0. The number of aromatic nitrogens is 1. The van der Waals surface area contributed by atoms with Gasteiger partial charge in [-0.05, 0) is 74.9 Å². The lowest BCUT2D eigenvalue weighted by Gasteiger charge is -2.25. The van der Waals surface area contributed by atoms with Gasteiger partial charge in [-0.25, -0.2) is 0 Å². The fraction of sp³-hybridized carbons (Fsp3) is 0.400. The second-order valence-electron chi connectivity index (χ2n) is 8.66. The molecule has 0 spiro atoms. The summed E-state index contributed by atoms with van der Waals surface area (Å²) in [6.45, 7) is 5.91. The van der Waals surface area contributed by atoms with E-state index in [1.165, 1.54) is 0 Å². The Morgan fingerprint density at radius 2 is 1.78 bits per heavy atom. The predicted molar refractivity (Wildman–Crippen MR) is 123 cm³/mol. The van der Waals surface area contributed by atoms with Crippen LogP contribution in [0.1, 0.15) is 37.4 Å². The lowest BCUT2D eigenvalue weighted by molar-refractivity contribution is -0.139. The highest BCUT2D eigenvalue weighted by Gasteiger charge is 2.45. The number of ketones is 1. The third-order valence-corrected chi connectivity index (χ3v) is 5.28. The standard InChI is InChI=1S/C25H31N3O4/c1-17(2)16-32-20-8-6-19(7-9-20)23(29)21-22(18-10-12-26-13-11-18)28(25(31)24(21)30)15-5-14-27(3)4/h6-13,17,22,29H,5,14-16H2,1-4H3/b23-21-. The van der Waals surface area contributed by atoms with Gasteiger partial charge in [-0.2, -0.15) is 0 Å². The summed E-state index contributed by atoms with van der Waals surface area (Å²) < 4.78 is 5.70. The molecule has 0 radical (unpaired) electrons. The number of carbonyl (C=O) groups is 2. The van der Waals surface area contributed by atoms with Crippen molar-refractivity contribution in [1.82, 2.24) is 14.8 Å². The summed E-state index contributed by atoms with van der Waals surface area (Å²) in [4.78, 5) is 33.5. The van der Waals surface area contributed by atoms with Gasteiger partial charge in [0.2, 0.25) is 0 Å². The van der Waals surface area contributed by atoms with Crippen LogP contribution in [0.5, 0.6) is 5.75 Å². The molecule has 170 valence electrons. The molecule has 0 aliphatic carbocycles. The average molecular weight is 438 g/mol. The van der Waals surface area contributed by atoms with Gasteiger partial charge in [0.15, 0.2) is 0 Å². The largest absolute Gasteiger partial charge is 0.507 e. The van der Waals surface area contributed by atoms with Crippen LogP contribution < -0.4 is 4.74 Å². The number of amides is 1. The topological polar surface area (TPSA) is 83.0 Å². The number of hydrogen-bond donors (Lipinski definition) is 1. The Bertz CT molecular complexity index is 968. The Morgan fingerprint density at radius 1 is 1.12 bits per heavy atom. The van der Waals surface area contributed by atoms with Crippen molar-refractivity contribution in [3.8, 4) is 5.75 Å². The number of ether oxygens (including phenoxy) is 1. The Labute approximate surface area is 189 Å². The van der Waals surface area contributed by atoms with Crippen molar-refractivity contribution in [3.05, 3.63) is 65.5 Å². The van der Waals surface area contributed by atoms with Gasteiger partial charge in [-0.1, -0.05) is 13.8 Å². The van der Waals surface area contributed by atoms with E-state index < -0.39 is 17.7 Å². The SMILES string of the molecule is CC(C)COc1ccc(/C(O)=C2/C(=O)C(=O)N(CCCN(C)C)C2c2ccncc2)cc1. The van der Waals surface area contributed by atoms with Crippen LogP contribution in [0.4, 0.5) is 0 Å². The van der Waals surface area contributed by atoms with Gasteiger partial charge >= 0.3 is 0 Å². The van der Waals surface area contributed by atoms with E-state index in [4.69, 9.17) is 4.74 Å². The third-order valence-electron chi connectivity index (χ3n) is 5.28. The molecule has 0 bridgehead atoms. The van der Waals surface area contributed by atoms with E-state index >= 15 is 0 Å². The average Bonchev–Trinajstić information content (AvgIpc) is 3.03. The Morgan fingerprint density at radius 3 is 2.38 bits per heavy atom. The maximum absolute atomic E-state index is 13.0. The molecule has 1 aromatic carbocycles. The molecular weight excluding hydrogens is 406 g/mol. The van der Waals surface area contributed by atoms with Gasteiger partial charge in [0.25, 0.3) is 11.7 Å². The van der Waals surface area contributed by atoms with E-state index in [1.807, 2.05) is 19.0 Å². The number of carbonyl (C=O) groups excluding carboxylic acids is 2. The maximum Gasteiger partial charge on any atom is 0.295 e. The zero-order valence-corrected chi connectivity index (χ0v) is 19.1. The van der Waals surface area contributed by atoms with Crippen molar-refractivity contribution in [2.75, 3.05) is 33.8 Å². The molecule has 2 aromatic rings. The lowest BCUT2D eigenvalue weighted by atomic mass is 9.96. The number of pyridine rings is 1. The van der Waals surface area contributed by atoms with Crippen LogP contribution in [0.25, 0.3) is 5.76 Å². The number of nitrogens with zero attached hydrogens (tertiary/aromatic N) is 3. The quantitative estimate of drug-likeness (QED) is 0.367. The fourth-order valence-electron chi connectivity index (χ4n) is 3.69. The minimum Gasteiger partial charge on any atom is -0.507 e. The highest BCUT2D eigenvalue weighted by Crippen LogP contribution is 2.39. The van der Waals surface area contributed by atoms with Crippen LogP contribution in [0.3, 0.4) is 0 Å². The number of aliphatic hydroxyl groups excluding tert-OH is 1. The zero-order valence-electron chi connectivity index (χ0n) is 19.1. The van der Waals surface area contributed by atoms with Crippen molar-refractivity contribution < 1.29 is 19.4 Å². The van der Waals surface area contributed by atoms with Gasteiger partial charge in [-0.15, -0.1) is 0 Å². The first-order chi connectivity index (χ1) is 15.3. The Balaban J connectivity index is 1.96. The Hall–Kier alpha value is -3.19. The van der Waals surface area contributed by atoms with Crippen molar-refractivity contribution in [2.24, 2.45) is 5.92 Å². The first kappa shape index (κ1) is 23.5. The number of benzene rings is 1. The van der Waals surface area contributed by atoms with Crippen molar-refractivity contribution in [1.29, 1.82) is 0 Å². The van der Waals surface area contributed by atoms with Gasteiger partial charge in [-0.3, -0.25) is 14.6 Å². The van der Waals surface area contributed by atoms with Gasteiger partial charge in [0.05, 0.1) is 18.2 Å². The number of aliphatic hydroxyl groups is 1. The molecule has 1 aliphatic rings. The smallest absolute Gasteiger partial charge is 0.295 e. The molecule has 1 N–H and O–H groups in total. The fourth-order valence-corrected chi connectivity index (χ4v) is 3.69. The molecule has 1 unspecified atom stereocenters. The van der Waals surface area contributed by atoms with E-state index in [-0.39, 0.29) is 11.3 Å². The summed E-state index contributed by atoms with van der Waals surface area (Å²) in [7, 11) is 3.92.